The molecule has 3 aromatic rings. The van der Waals surface area contributed by atoms with Gasteiger partial charge in [-0.05, 0) is 68.1 Å². The van der Waals surface area contributed by atoms with Crippen LogP contribution in [-0.2, 0) is 0 Å². The Bertz CT molecular complexity index is 1240. The maximum Gasteiger partial charge on any atom is 0.257 e. The summed E-state index contributed by atoms with van der Waals surface area (Å²) in [7, 11) is 1.47. The first kappa shape index (κ1) is 24.9. The van der Waals surface area contributed by atoms with Crippen LogP contribution in [0.1, 0.15) is 46.4 Å². The second-order valence-electron chi connectivity index (χ2n) is 8.44. The molecular weight excluding hydrogens is 472 g/mol. The van der Waals surface area contributed by atoms with Crippen LogP contribution in [0.3, 0.4) is 0 Å². The van der Waals surface area contributed by atoms with E-state index in [0.29, 0.717) is 31.4 Å². The Morgan fingerprint density at radius 1 is 0.861 bits per heavy atom. The van der Waals surface area contributed by atoms with Crippen LogP contribution in [0.4, 0.5) is 8.78 Å². The fourth-order valence-electron chi connectivity index (χ4n) is 4.02. The summed E-state index contributed by atoms with van der Waals surface area (Å²) in [6.07, 6.45) is 3.32. The summed E-state index contributed by atoms with van der Waals surface area (Å²) in [5, 5.41) is 15.9. The Labute approximate surface area is 206 Å². The molecule has 1 saturated carbocycles. The summed E-state index contributed by atoms with van der Waals surface area (Å²) >= 11 is 0. The fraction of sp³-hybridized carbons (Fsp3) is 0.269. The molecule has 0 radical (unpaired) electrons. The van der Waals surface area contributed by atoms with Crippen molar-refractivity contribution in [2.45, 2.75) is 37.8 Å². The number of amides is 2. The molecule has 1 aromatic heterocycles. The number of hydrogen-bond donors (Lipinski definition) is 3. The highest BCUT2D eigenvalue weighted by molar-refractivity contribution is 5.97. The number of halogens is 2. The number of phenols is 1. The number of phenolic OH excluding ortho intramolecular Hbond substituents is 1. The van der Waals surface area contributed by atoms with E-state index in [-0.39, 0.29) is 40.6 Å². The lowest BCUT2D eigenvalue weighted by Gasteiger charge is -2.29. The zero-order chi connectivity index (χ0) is 25.7. The molecule has 0 spiro atoms. The summed E-state index contributed by atoms with van der Waals surface area (Å²) < 4.78 is 37.6. The second-order valence-corrected chi connectivity index (χ2v) is 8.44. The molecule has 0 saturated heterocycles. The van der Waals surface area contributed by atoms with Gasteiger partial charge in [0.15, 0.2) is 0 Å². The summed E-state index contributed by atoms with van der Waals surface area (Å²) in [5.74, 6) is -1.65. The highest BCUT2D eigenvalue weighted by Crippen LogP contribution is 2.27. The van der Waals surface area contributed by atoms with E-state index in [2.05, 4.69) is 15.6 Å². The second kappa shape index (κ2) is 11.0. The van der Waals surface area contributed by atoms with Gasteiger partial charge < -0.3 is 25.2 Å². The summed E-state index contributed by atoms with van der Waals surface area (Å²) in [6.45, 7) is 0. The number of nitrogens with one attached hydrogen (secondary N) is 2. The number of pyridine rings is 1. The van der Waals surface area contributed by atoms with Gasteiger partial charge in [-0.15, -0.1) is 0 Å². The molecule has 1 aliphatic carbocycles. The molecular formula is C26H25F2N3O5. The van der Waals surface area contributed by atoms with Gasteiger partial charge in [-0.25, -0.2) is 13.8 Å². The third-order valence-corrected chi connectivity index (χ3v) is 5.94. The van der Waals surface area contributed by atoms with Crippen molar-refractivity contribution in [1.29, 1.82) is 0 Å². The Hall–Kier alpha value is -4.21. The molecule has 2 amide bonds. The minimum Gasteiger partial charge on any atom is -0.507 e. The van der Waals surface area contributed by atoms with E-state index in [1.54, 1.807) is 6.07 Å². The Morgan fingerprint density at radius 2 is 1.44 bits per heavy atom. The van der Waals surface area contributed by atoms with Crippen LogP contribution in [-0.4, -0.2) is 41.1 Å². The SMILES string of the molecule is COc1ccc(C(=O)NC2CCC(NC(=O)c3cc(F)cnc3Oc3ccc(F)cc3)CC2)c(O)c1. The van der Waals surface area contributed by atoms with Crippen molar-refractivity contribution in [2.75, 3.05) is 7.11 Å². The fourth-order valence-corrected chi connectivity index (χ4v) is 4.02. The van der Waals surface area contributed by atoms with Crippen molar-refractivity contribution < 1.29 is 33.0 Å². The first-order chi connectivity index (χ1) is 17.3. The minimum absolute atomic E-state index is 0.0790. The lowest BCUT2D eigenvalue weighted by atomic mass is 9.90. The molecule has 8 nitrogen and oxygen atoms in total. The van der Waals surface area contributed by atoms with Gasteiger partial charge in [0.2, 0.25) is 5.88 Å². The smallest absolute Gasteiger partial charge is 0.257 e. The van der Waals surface area contributed by atoms with E-state index < -0.39 is 23.4 Å². The quantitative estimate of drug-likeness (QED) is 0.448. The van der Waals surface area contributed by atoms with Gasteiger partial charge in [0, 0.05) is 18.2 Å². The third-order valence-electron chi connectivity index (χ3n) is 5.94. The Morgan fingerprint density at radius 3 is 2.03 bits per heavy atom. The third kappa shape index (κ3) is 6.07. The van der Waals surface area contributed by atoms with Crippen LogP contribution in [0.15, 0.2) is 54.7 Å². The molecule has 0 aliphatic heterocycles. The molecule has 1 fully saturated rings. The number of rotatable bonds is 7. The number of carbonyl (C=O) groups is 2. The van der Waals surface area contributed by atoms with Gasteiger partial charge in [-0.3, -0.25) is 9.59 Å². The summed E-state index contributed by atoms with van der Waals surface area (Å²) in [5.41, 5.74) is 0.0725. The van der Waals surface area contributed by atoms with Gasteiger partial charge in [-0.1, -0.05) is 0 Å². The van der Waals surface area contributed by atoms with E-state index >= 15 is 0 Å². The normalized spacial score (nSPS) is 17.2. The number of aromatic hydroxyl groups is 1. The van der Waals surface area contributed by atoms with Crippen LogP contribution in [0.5, 0.6) is 23.1 Å². The number of benzene rings is 2. The number of ether oxygens (including phenoxy) is 2. The van der Waals surface area contributed by atoms with E-state index in [1.807, 2.05) is 0 Å². The van der Waals surface area contributed by atoms with Crippen LogP contribution >= 0.6 is 0 Å². The molecule has 188 valence electrons. The van der Waals surface area contributed by atoms with Crippen LogP contribution in [0.25, 0.3) is 0 Å². The van der Waals surface area contributed by atoms with E-state index in [4.69, 9.17) is 9.47 Å². The van der Waals surface area contributed by atoms with Crippen molar-refractivity contribution in [3.05, 3.63) is 77.5 Å². The lowest BCUT2D eigenvalue weighted by Crippen LogP contribution is -2.43. The molecule has 4 rings (SSSR count). The monoisotopic (exact) mass is 497 g/mol. The number of aromatic nitrogens is 1. The van der Waals surface area contributed by atoms with E-state index in [9.17, 15) is 23.5 Å². The van der Waals surface area contributed by atoms with E-state index in [1.165, 1.54) is 43.5 Å². The molecule has 0 unspecified atom stereocenters. The van der Waals surface area contributed by atoms with Gasteiger partial charge in [0.1, 0.15) is 34.4 Å². The molecule has 3 N–H and O–H groups in total. The zero-order valence-electron chi connectivity index (χ0n) is 19.5. The maximum atomic E-state index is 13.8. The predicted molar refractivity (Wildman–Crippen MR) is 126 cm³/mol. The molecule has 0 atom stereocenters. The Balaban J connectivity index is 1.34. The largest absolute Gasteiger partial charge is 0.507 e. The maximum absolute atomic E-state index is 13.8. The van der Waals surface area contributed by atoms with Crippen LogP contribution < -0.4 is 20.1 Å². The molecule has 1 heterocycles. The summed E-state index contributed by atoms with van der Waals surface area (Å²) in [6, 6.07) is 10.3. The van der Waals surface area contributed by atoms with E-state index in [0.717, 1.165) is 12.3 Å². The van der Waals surface area contributed by atoms with Crippen LogP contribution in [0.2, 0.25) is 0 Å². The van der Waals surface area contributed by atoms with Crippen molar-refractivity contribution in [3.63, 3.8) is 0 Å². The molecule has 10 heteroatoms. The van der Waals surface area contributed by atoms with Crippen molar-refractivity contribution >= 4 is 11.8 Å². The minimum atomic E-state index is -0.695. The standard InChI is InChI=1S/C26H25F2N3O5/c1-35-20-10-11-21(23(32)13-20)24(33)30-17-4-6-18(7-5-17)31-25(34)22-12-16(28)14-29-26(22)36-19-8-2-15(27)3-9-19/h2-3,8-14,17-18,32H,4-7H2,1H3,(H,30,33)(H,31,34). The summed E-state index contributed by atoms with van der Waals surface area (Å²) in [4.78, 5) is 29.3. The zero-order valence-corrected chi connectivity index (χ0v) is 19.5. The number of carbonyl (C=O) groups excluding carboxylic acids is 2. The molecule has 1 aliphatic rings. The van der Waals surface area contributed by atoms with Crippen molar-refractivity contribution in [3.8, 4) is 23.1 Å². The molecule has 2 aromatic carbocycles. The van der Waals surface area contributed by atoms with Crippen molar-refractivity contribution in [1.82, 2.24) is 15.6 Å². The number of methoxy groups -OCH3 is 1. The molecule has 36 heavy (non-hydrogen) atoms. The predicted octanol–water partition coefficient (Wildman–Crippen LogP) is 4.34. The average Bonchev–Trinajstić information content (AvgIpc) is 2.87. The van der Waals surface area contributed by atoms with Gasteiger partial charge in [-0.2, -0.15) is 0 Å². The molecule has 0 bridgehead atoms. The van der Waals surface area contributed by atoms with Crippen molar-refractivity contribution in [2.24, 2.45) is 0 Å². The van der Waals surface area contributed by atoms with Gasteiger partial charge in [0.05, 0.1) is 18.9 Å². The number of hydrogen-bond acceptors (Lipinski definition) is 6. The van der Waals surface area contributed by atoms with Gasteiger partial charge in [0.25, 0.3) is 11.8 Å². The lowest BCUT2D eigenvalue weighted by molar-refractivity contribution is 0.0888. The Kier molecular flexibility index (Phi) is 7.62. The topological polar surface area (TPSA) is 110 Å². The first-order valence-electron chi connectivity index (χ1n) is 11.4. The highest BCUT2D eigenvalue weighted by atomic mass is 19.1. The van der Waals surface area contributed by atoms with Crippen LogP contribution in [0, 0.1) is 11.6 Å². The average molecular weight is 497 g/mol. The number of nitrogens with zero attached hydrogens (tertiary/aromatic N) is 1. The first-order valence-corrected chi connectivity index (χ1v) is 11.4. The highest BCUT2D eigenvalue weighted by Gasteiger charge is 2.26. The van der Waals surface area contributed by atoms with Gasteiger partial charge >= 0.3 is 0 Å².